The van der Waals surface area contributed by atoms with E-state index >= 15 is 0 Å². The fraction of sp³-hybridized carbons (Fsp3) is 0.364. The van der Waals surface area contributed by atoms with Crippen LogP contribution in [0.15, 0.2) is 12.1 Å². The van der Waals surface area contributed by atoms with E-state index in [1.165, 1.54) is 12.1 Å². The van der Waals surface area contributed by atoms with E-state index in [-0.39, 0.29) is 10.9 Å². The molecule has 0 aliphatic carbocycles. The molecular formula is C11H13Cl2FN2O. The predicted octanol–water partition coefficient (Wildman–Crippen LogP) is 2.66. The largest absolute Gasteiger partial charge is 0.348 e. The number of rotatable bonds is 3. The molecule has 0 saturated heterocycles. The van der Waals surface area contributed by atoms with E-state index in [4.69, 9.17) is 28.9 Å². The van der Waals surface area contributed by atoms with Crippen LogP contribution in [0.2, 0.25) is 10.0 Å². The normalized spacial score (nSPS) is 14.2. The SMILES string of the molecule is CC(NC(=O)[C@H](C)N)c1c(Cl)ccc(F)c1Cl. The maximum Gasteiger partial charge on any atom is 0.237 e. The first-order valence-corrected chi connectivity index (χ1v) is 5.79. The van der Waals surface area contributed by atoms with Gasteiger partial charge in [0, 0.05) is 10.6 Å². The van der Waals surface area contributed by atoms with Crippen molar-refractivity contribution in [1.82, 2.24) is 5.32 Å². The number of benzene rings is 1. The molecule has 3 nitrogen and oxygen atoms in total. The van der Waals surface area contributed by atoms with Gasteiger partial charge in [0.2, 0.25) is 5.91 Å². The van der Waals surface area contributed by atoms with E-state index in [0.717, 1.165) is 0 Å². The molecule has 2 atom stereocenters. The Morgan fingerprint density at radius 2 is 2.00 bits per heavy atom. The number of hydrogen-bond donors (Lipinski definition) is 2. The maximum absolute atomic E-state index is 13.3. The first-order chi connectivity index (χ1) is 7.84. The van der Waals surface area contributed by atoms with Crippen LogP contribution in [0, 0.1) is 5.82 Å². The molecule has 0 aliphatic rings. The monoisotopic (exact) mass is 278 g/mol. The molecule has 3 N–H and O–H groups in total. The second-order valence-electron chi connectivity index (χ2n) is 3.78. The van der Waals surface area contributed by atoms with Crippen molar-refractivity contribution in [2.24, 2.45) is 5.73 Å². The van der Waals surface area contributed by atoms with E-state index < -0.39 is 17.9 Å². The van der Waals surface area contributed by atoms with Gasteiger partial charge < -0.3 is 11.1 Å². The summed E-state index contributed by atoms with van der Waals surface area (Å²) in [6, 6.07) is 1.41. The van der Waals surface area contributed by atoms with Gasteiger partial charge in [-0.3, -0.25) is 4.79 Å². The van der Waals surface area contributed by atoms with Gasteiger partial charge in [0.25, 0.3) is 0 Å². The van der Waals surface area contributed by atoms with Crippen LogP contribution >= 0.6 is 23.2 Å². The lowest BCUT2D eigenvalue weighted by atomic mass is 10.1. The van der Waals surface area contributed by atoms with Crippen molar-refractivity contribution in [1.29, 1.82) is 0 Å². The standard InChI is InChI=1S/C11H13Cl2FN2O/c1-5(15)11(17)16-6(2)9-7(12)3-4-8(14)10(9)13/h3-6H,15H2,1-2H3,(H,16,17)/t5-,6?/m0/s1. The highest BCUT2D eigenvalue weighted by atomic mass is 35.5. The third-order valence-corrected chi connectivity index (χ3v) is 3.00. The second-order valence-corrected chi connectivity index (χ2v) is 4.56. The van der Waals surface area contributed by atoms with Gasteiger partial charge in [-0.2, -0.15) is 0 Å². The Morgan fingerprint density at radius 3 is 2.53 bits per heavy atom. The summed E-state index contributed by atoms with van der Waals surface area (Å²) in [6.45, 7) is 3.21. The molecule has 0 radical (unpaired) electrons. The minimum Gasteiger partial charge on any atom is -0.348 e. The van der Waals surface area contributed by atoms with Crippen molar-refractivity contribution < 1.29 is 9.18 Å². The third kappa shape index (κ3) is 3.31. The Balaban J connectivity index is 3.00. The first kappa shape index (κ1) is 14.2. The molecule has 1 aromatic carbocycles. The molecule has 0 saturated carbocycles. The van der Waals surface area contributed by atoms with E-state index in [1.54, 1.807) is 13.8 Å². The molecule has 0 bridgehead atoms. The Bertz CT molecular complexity index is 438. The Kier molecular flexibility index (Phi) is 4.74. The summed E-state index contributed by atoms with van der Waals surface area (Å²) in [5.74, 6) is -0.929. The summed E-state index contributed by atoms with van der Waals surface area (Å²) in [6.07, 6.45) is 0. The molecule has 1 aromatic rings. The molecule has 1 amide bonds. The molecule has 0 spiro atoms. The van der Waals surface area contributed by atoms with Crippen molar-refractivity contribution in [2.45, 2.75) is 25.9 Å². The molecule has 17 heavy (non-hydrogen) atoms. The van der Waals surface area contributed by atoms with Crippen LogP contribution in [0.25, 0.3) is 0 Å². The summed E-state index contributed by atoms with van der Waals surface area (Å²) in [5, 5.41) is 2.82. The Hall–Kier alpha value is -0.840. The average Bonchev–Trinajstić information content (AvgIpc) is 2.24. The summed E-state index contributed by atoms with van der Waals surface area (Å²) in [4.78, 5) is 11.4. The first-order valence-electron chi connectivity index (χ1n) is 5.04. The fourth-order valence-electron chi connectivity index (χ4n) is 1.36. The number of carbonyl (C=O) groups is 1. The van der Waals surface area contributed by atoms with Crippen LogP contribution in [0.5, 0.6) is 0 Å². The van der Waals surface area contributed by atoms with E-state index in [9.17, 15) is 9.18 Å². The molecule has 0 aromatic heterocycles. The van der Waals surface area contributed by atoms with Crippen LogP contribution in [0.3, 0.4) is 0 Å². The molecular weight excluding hydrogens is 266 g/mol. The lowest BCUT2D eigenvalue weighted by molar-refractivity contribution is -0.122. The smallest absolute Gasteiger partial charge is 0.237 e. The van der Waals surface area contributed by atoms with Crippen LogP contribution in [0.1, 0.15) is 25.5 Å². The van der Waals surface area contributed by atoms with Gasteiger partial charge in [-0.1, -0.05) is 23.2 Å². The molecule has 94 valence electrons. The average molecular weight is 279 g/mol. The van der Waals surface area contributed by atoms with Crippen molar-refractivity contribution in [2.75, 3.05) is 0 Å². The van der Waals surface area contributed by atoms with Gasteiger partial charge in [-0.05, 0) is 26.0 Å². The predicted molar refractivity (Wildman–Crippen MR) is 66.6 cm³/mol. The van der Waals surface area contributed by atoms with Crippen LogP contribution in [-0.4, -0.2) is 11.9 Å². The highest BCUT2D eigenvalue weighted by Gasteiger charge is 2.19. The van der Waals surface area contributed by atoms with Crippen molar-refractivity contribution in [3.05, 3.63) is 33.6 Å². The maximum atomic E-state index is 13.3. The number of halogens is 3. The number of amides is 1. The topological polar surface area (TPSA) is 55.1 Å². The van der Waals surface area contributed by atoms with Gasteiger partial charge in [-0.15, -0.1) is 0 Å². The Labute approximate surface area is 109 Å². The fourth-order valence-corrected chi connectivity index (χ4v) is 2.05. The van der Waals surface area contributed by atoms with Crippen molar-refractivity contribution >= 4 is 29.1 Å². The van der Waals surface area contributed by atoms with E-state index in [0.29, 0.717) is 10.6 Å². The third-order valence-electron chi connectivity index (χ3n) is 2.28. The zero-order valence-corrected chi connectivity index (χ0v) is 10.9. The van der Waals surface area contributed by atoms with E-state index in [1.807, 2.05) is 0 Å². The molecule has 1 rings (SSSR count). The van der Waals surface area contributed by atoms with Crippen LogP contribution in [0.4, 0.5) is 4.39 Å². The minimum atomic E-state index is -0.649. The second kappa shape index (κ2) is 5.67. The van der Waals surface area contributed by atoms with Gasteiger partial charge in [0.05, 0.1) is 17.1 Å². The number of nitrogens with one attached hydrogen (secondary N) is 1. The van der Waals surface area contributed by atoms with Gasteiger partial charge in [0.1, 0.15) is 5.82 Å². The summed E-state index contributed by atoms with van der Waals surface area (Å²) < 4.78 is 13.3. The molecule has 0 heterocycles. The van der Waals surface area contributed by atoms with Gasteiger partial charge >= 0.3 is 0 Å². The summed E-state index contributed by atoms with van der Waals surface area (Å²) in [5.41, 5.74) is 5.77. The quantitative estimate of drug-likeness (QED) is 0.836. The summed E-state index contributed by atoms with van der Waals surface area (Å²) in [7, 11) is 0. The van der Waals surface area contributed by atoms with Crippen LogP contribution in [-0.2, 0) is 4.79 Å². The number of hydrogen-bond acceptors (Lipinski definition) is 2. The highest BCUT2D eigenvalue weighted by molar-refractivity contribution is 6.36. The van der Waals surface area contributed by atoms with Gasteiger partial charge in [-0.25, -0.2) is 4.39 Å². The molecule has 1 unspecified atom stereocenters. The zero-order valence-electron chi connectivity index (χ0n) is 9.43. The zero-order chi connectivity index (χ0) is 13.2. The molecule has 0 aliphatic heterocycles. The lowest BCUT2D eigenvalue weighted by Crippen LogP contribution is -2.39. The highest BCUT2D eigenvalue weighted by Crippen LogP contribution is 2.32. The Morgan fingerprint density at radius 1 is 1.41 bits per heavy atom. The van der Waals surface area contributed by atoms with Crippen LogP contribution < -0.4 is 11.1 Å². The number of nitrogens with two attached hydrogens (primary N) is 1. The summed E-state index contributed by atoms with van der Waals surface area (Å²) >= 11 is 11.7. The van der Waals surface area contributed by atoms with E-state index in [2.05, 4.69) is 5.32 Å². The molecule has 6 heteroatoms. The minimum absolute atomic E-state index is 0.0880. The lowest BCUT2D eigenvalue weighted by Gasteiger charge is -2.18. The van der Waals surface area contributed by atoms with Gasteiger partial charge in [0.15, 0.2) is 0 Å². The number of carbonyl (C=O) groups excluding carboxylic acids is 1. The van der Waals surface area contributed by atoms with Crippen molar-refractivity contribution in [3.8, 4) is 0 Å². The van der Waals surface area contributed by atoms with Crippen molar-refractivity contribution in [3.63, 3.8) is 0 Å². The molecule has 0 fully saturated rings.